The van der Waals surface area contributed by atoms with Crippen LogP contribution >= 0.6 is 0 Å². The Morgan fingerprint density at radius 2 is 2.29 bits per heavy atom. The highest BCUT2D eigenvalue weighted by atomic mass is 16.1. The Morgan fingerprint density at radius 1 is 1.64 bits per heavy atom. The van der Waals surface area contributed by atoms with E-state index < -0.39 is 0 Å². The molecule has 1 saturated carbocycles. The van der Waals surface area contributed by atoms with Crippen LogP contribution in [0.3, 0.4) is 0 Å². The Hall–Kier alpha value is -1.32. The van der Waals surface area contributed by atoms with Crippen LogP contribution in [0.25, 0.3) is 0 Å². The second-order valence-corrected chi connectivity index (χ2v) is 4.15. The number of rotatable bonds is 3. The van der Waals surface area contributed by atoms with Crippen molar-refractivity contribution >= 4 is 5.91 Å². The summed E-state index contributed by atoms with van der Waals surface area (Å²) in [6.45, 7) is 4.12. The van der Waals surface area contributed by atoms with E-state index in [1.807, 2.05) is 6.07 Å². The average Bonchev–Trinajstić information content (AvgIpc) is 2.83. The highest BCUT2D eigenvalue weighted by Crippen LogP contribution is 2.36. The van der Waals surface area contributed by atoms with E-state index in [-0.39, 0.29) is 5.91 Å². The van der Waals surface area contributed by atoms with Gasteiger partial charge in [0.25, 0.3) is 5.91 Å². The molecule has 0 radical (unpaired) electrons. The average molecular weight is 193 g/mol. The molecule has 0 aliphatic heterocycles. The zero-order valence-corrected chi connectivity index (χ0v) is 8.53. The minimum Gasteiger partial charge on any atom is -0.364 e. The minimum absolute atomic E-state index is 0.341. The summed E-state index contributed by atoms with van der Waals surface area (Å²) >= 11 is 0. The van der Waals surface area contributed by atoms with E-state index >= 15 is 0 Å². The van der Waals surface area contributed by atoms with Crippen LogP contribution in [0.5, 0.6) is 0 Å². The number of carbonyl (C=O) groups excluding carboxylic acids is 1. The lowest BCUT2D eigenvalue weighted by atomic mass is 10.1. The van der Waals surface area contributed by atoms with Gasteiger partial charge in [0.2, 0.25) is 0 Å². The molecule has 4 nitrogen and oxygen atoms in total. The quantitative estimate of drug-likeness (QED) is 0.789. The van der Waals surface area contributed by atoms with Crippen molar-refractivity contribution in [3.63, 3.8) is 0 Å². The van der Waals surface area contributed by atoms with E-state index in [2.05, 4.69) is 18.9 Å². The molecule has 1 heterocycles. The van der Waals surface area contributed by atoms with Gasteiger partial charge in [0.1, 0.15) is 5.69 Å². The predicted molar refractivity (Wildman–Crippen MR) is 53.1 cm³/mol. The van der Waals surface area contributed by atoms with Crippen molar-refractivity contribution in [2.24, 2.45) is 5.73 Å². The Labute approximate surface area is 83.1 Å². The molecule has 1 aliphatic rings. The molecule has 2 N–H and O–H groups in total. The number of primary amides is 1. The van der Waals surface area contributed by atoms with Crippen molar-refractivity contribution in [1.29, 1.82) is 0 Å². The molecule has 1 fully saturated rings. The van der Waals surface area contributed by atoms with Crippen LogP contribution in [0.4, 0.5) is 0 Å². The molecule has 0 saturated heterocycles. The molecule has 1 aromatic rings. The molecule has 0 unspecified atom stereocenters. The maximum absolute atomic E-state index is 11.2. The number of aromatic nitrogens is 2. The van der Waals surface area contributed by atoms with E-state index in [0.717, 1.165) is 18.5 Å². The summed E-state index contributed by atoms with van der Waals surface area (Å²) < 4.78 is 1.79. The maximum atomic E-state index is 11.2. The second-order valence-electron chi connectivity index (χ2n) is 4.15. The Balaban J connectivity index is 2.40. The van der Waals surface area contributed by atoms with Crippen molar-refractivity contribution in [1.82, 2.24) is 9.78 Å². The van der Waals surface area contributed by atoms with E-state index in [4.69, 9.17) is 5.73 Å². The van der Waals surface area contributed by atoms with Gasteiger partial charge in [-0.15, -0.1) is 0 Å². The molecule has 0 spiro atoms. The smallest absolute Gasteiger partial charge is 0.266 e. The molecule has 4 heteroatoms. The largest absolute Gasteiger partial charge is 0.364 e. The first-order valence-corrected chi connectivity index (χ1v) is 4.99. The van der Waals surface area contributed by atoms with Crippen LogP contribution in [0, 0.1) is 0 Å². The van der Waals surface area contributed by atoms with Gasteiger partial charge in [-0.25, -0.2) is 0 Å². The molecule has 0 aromatic carbocycles. The lowest BCUT2D eigenvalue weighted by Crippen LogP contribution is -2.16. The third-order valence-corrected chi connectivity index (χ3v) is 2.49. The highest BCUT2D eigenvalue weighted by molar-refractivity contribution is 5.91. The van der Waals surface area contributed by atoms with Crippen LogP contribution in [-0.4, -0.2) is 15.7 Å². The van der Waals surface area contributed by atoms with Gasteiger partial charge < -0.3 is 5.73 Å². The number of hydrogen-bond donors (Lipinski definition) is 1. The summed E-state index contributed by atoms with van der Waals surface area (Å²) in [5.41, 5.74) is 6.80. The first kappa shape index (κ1) is 9.24. The zero-order valence-electron chi connectivity index (χ0n) is 8.53. The number of amides is 1. The predicted octanol–water partition coefficient (Wildman–Crippen LogP) is 1.44. The summed E-state index contributed by atoms with van der Waals surface area (Å²) in [5.74, 6) is -0.0376. The molecule has 2 rings (SSSR count). The molecule has 1 aromatic heterocycles. The number of carbonyl (C=O) groups is 1. The van der Waals surface area contributed by atoms with Crippen LogP contribution in [0.2, 0.25) is 0 Å². The van der Waals surface area contributed by atoms with E-state index in [9.17, 15) is 4.79 Å². The van der Waals surface area contributed by atoms with Crippen LogP contribution in [-0.2, 0) is 0 Å². The van der Waals surface area contributed by atoms with E-state index in [1.165, 1.54) is 0 Å². The molecule has 0 atom stereocenters. The first-order chi connectivity index (χ1) is 6.59. The Kier molecular flexibility index (Phi) is 2.06. The van der Waals surface area contributed by atoms with Crippen molar-refractivity contribution in [2.75, 3.05) is 0 Å². The van der Waals surface area contributed by atoms with E-state index in [0.29, 0.717) is 17.7 Å². The van der Waals surface area contributed by atoms with Gasteiger partial charge in [0.05, 0.1) is 11.7 Å². The molecule has 1 amide bonds. The van der Waals surface area contributed by atoms with Crippen LogP contribution < -0.4 is 5.73 Å². The SMILES string of the molecule is CC(C)c1cc(C(N)=O)n(C2CC2)n1. The first-order valence-electron chi connectivity index (χ1n) is 4.99. The van der Waals surface area contributed by atoms with Gasteiger partial charge in [-0.05, 0) is 24.8 Å². The van der Waals surface area contributed by atoms with Gasteiger partial charge in [-0.1, -0.05) is 13.8 Å². The van der Waals surface area contributed by atoms with E-state index in [1.54, 1.807) is 4.68 Å². The maximum Gasteiger partial charge on any atom is 0.266 e. The summed E-state index contributed by atoms with van der Waals surface area (Å²) in [7, 11) is 0. The fraction of sp³-hybridized carbons (Fsp3) is 0.600. The second kappa shape index (κ2) is 3.12. The molecule has 76 valence electrons. The topological polar surface area (TPSA) is 60.9 Å². The van der Waals surface area contributed by atoms with Crippen molar-refractivity contribution in [3.05, 3.63) is 17.5 Å². The van der Waals surface area contributed by atoms with Crippen molar-refractivity contribution in [2.45, 2.75) is 38.6 Å². The molecule has 14 heavy (non-hydrogen) atoms. The standard InChI is InChI=1S/C10H15N3O/c1-6(2)8-5-9(10(11)14)13(12-8)7-3-4-7/h5-7H,3-4H2,1-2H3,(H2,11,14). The Morgan fingerprint density at radius 3 is 2.71 bits per heavy atom. The van der Waals surface area contributed by atoms with Gasteiger partial charge >= 0.3 is 0 Å². The van der Waals surface area contributed by atoms with Crippen LogP contribution in [0.1, 0.15) is 54.8 Å². The fourth-order valence-electron chi connectivity index (χ4n) is 1.48. The summed E-state index contributed by atoms with van der Waals surface area (Å²) in [6, 6.07) is 2.22. The molecule has 1 aliphatic carbocycles. The monoisotopic (exact) mass is 193 g/mol. The summed E-state index contributed by atoms with van der Waals surface area (Å²) in [5, 5.41) is 4.41. The lowest BCUT2D eigenvalue weighted by Gasteiger charge is -2.01. The molecular weight excluding hydrogens is 178 g/mol. The summed E-state index contributed by atoms with van der Waals surface area (Å²) in [4.78, 5) is 11.2. The molecular formula is C10H15N3O. The minimum atomic E-state index is -0.378. The third kappa shape index (κ3) is 1.52. The highest BCUT2D eigenvalue weighted by Gasteiger charge is 2.29. The summed E-state index contributed by atoms with van der Waals surface area (Å²) in [6.07, 6.45) is 2.22. The van der Waals surface area contributed by atoms with Gasteiger partial charge in [0.15, 0.2) is 0 Å². The normalized spacial score (nSPS) is 16.2. The third-order valence-electron chi connectivity index (χ3n) is 2.49. The Bertz CT molecular complexity index is 363. The van der Waals surface area contributed by atoms with Gasteiger partial charge in [-0.3, -0.25) is 9.48 Å². The van der Waals surface area contributed by atoms with Gasteiger partial charge in [-0.2, -0.15) is 5.10 Å². The zero-order chi connectivity index (χ0) is 10.3. The van der Waals surface area contributed by atoms with Crippen molar-refractivity contribution < 1.29 is 4.79 Å². The molecule has 0 bridgehead atoms. The number of nitrogens with two attached hydrogens (primary N) is 1. The fourth-order valence-corrected chi connectivity index (χ4v) is 1.48. The van der Waals surface area contributed by atoms with Crippen molar-refractivity contribution in [3.8, 4) is 0 Å². The number of nitrogens with zero attached hydrogens (tertiary/aromatic N) is 2. The lowest BCUT2D eigenvalue weighted by molar-refractivity contribution is 0.0990. The number of hydrogen-bond acceptors (Lipinski definition) is 2. The van der Waals surface area contributed by atoms with Crippen LogP contribution in [0.15, 0.2) is 6.07 Å². The van der Waals surface area contributed by atoms with Gasteiger partial charge in [0, 0.05) is 0 Å².